The minimum atomic E-state index is -5.04. The Balaban J connectivity index is 3.08. The topological polar surface area (TPSA) is 20.2 Å². The molecule has 0 saturated heterocycles. The summed E-state index contributed by atoms with van der Waals surface area (Å²) in [5.74, 6) is -3.25. The van der Waals surface area contributed by atoms with Crippen molar-refractivity contribution in [2.24, 2.45) is 0 Å². The SMILES string of the molecule is OCCCc1cc(F)c(C(F)(F)F)c(F)c1. The van der Waals surface area contributed by atoms with Crippen LogP contribution in [0.4, 0.5) is 22.0 Å². The lowest BCUT2D eigenvalue weighted by Gasteiger charge is -2.10. The number of hydrogen-bond donors (Lipinski definition) is 1. The van der Waals surface area contributed by atoms with Crippen LogP contribution in [0.2, 0.25) is 0 Å². The van der Waals surface area contributed by atoms with E-state index >= 15 is 0 Å². The molecule has 90 valence electrons. The Hall–Kier alpha value is -1.17. The maximum atomic E-state index is 13.0. The molecule has 1 aromatic rings. The highest BCUT2D eigenvalue weighted by atomic mass is 19.4. The van der Waals surface area contributed by atoms with Crippen molar-refractivity contribution >= 4 is 0 Å². The molecule has 0 saturated carbocycles. The Morgan fingerprint density at radius 3 is 1.94 bits per heavy atom. The summed E-state index contributed by atoms with van der Waals surface area (Å²) in [7, 11) is 0. The average Bonchev–Trinajstić information content (AvgIpc) is 2.11. The van der Waals surface area contributed by atoms with E-state index in [1.54, 1.807) is 0 Å². The van der Waals surface area contributed by atoms with Crippen molar-refractivity contribution in [3.8, 4) is 0 Å². The van der Waals surface area contributed by atoms with Crippen molar-refractivity contribution < 1.29 is 27.1 Å². The number of halogens is 5. The molecule has 0 unspecified atom stereocenters. The van der Waals surface area contributed by atoms with E-state index in [2.05, 4.69) is 0 Å². The normalized spacial score (nSPS) is 11.9. The first-order valence-electron chi connectivity index (χ1n) is 4.52. The van der Waals surface area contributed by atoms with Gasteiger partial charge < -0.3 is 5.11 Å². The van der Waals surface area contributed by atoms with Gasteiger partial charge in [0, 0.05) is 6.61 Å². The Kier molecular flexibility index (Phi) is 3.85. The minimum absolute atomic E-state index is 0.0945. The predicted octanol–water partition coefficient (Wildman–Crippen LogP) is 2.91. The van der Waals surface area contributed by atoms with Crippen LogP contribution in [0, 0.1) is 11.6 Å². The first-order valence-corrected chi connectivity index (χ1v) is 4.52. The summed E-state index contributed by atoms with van der Waals surface area (Å²) < 4.78 is 62.5. The van der Waals surface area contributed by atoms with E-state index in [4.69, 9.17) is 5.11 Å². The minimum Gasteiger partial charge on any atom is -0.396 e. The monoisotopic (exact) mass is 240 g/mol. The number of aliphatic hydroxyl groups is 1. The van der Waals surface area contributed by atoms with Gasteiger partial charge in [0.2, 0.25) is 0 Å². The first kappa shape index (κ1) is 12.9. The molecule has 0 aliphatic rings. The van der Waals surface area contributed by atoms with E-state index < -0.39 is 23.4 Å². The van der Waals surface area contributed by atoms with Crippen LogP contribution < -0.4 is 0 Å². The zero-order valence-electron chi connectivity index (χ0n) is 8.11. The molecule has 0 spiro atoms. The highest BCUT2D eigenvalue weighted by Gasteiger charge is 2.37. The second kappa shape index (κ2) is 4.78. The first-order chi connectivity index (χ1) is 7.36. The Bertz CT molecular complexity index is 349. The van der Waals surface area contributed by atoms with Crippen LogP contribution in [0.15, 0.2) is 12.1 Å². The van der Waals surface area contributed by atoms with Crippen molar-refractivity contribution in [1.29, 1.82) is 0 Å². The highest BCUT2D eigenvalue weighted by Crippen LogP contribution is 2.34. The van der Waals surface area contributed by atoms with E-state index in [1.807, 2.05) is 0 Å². The van der Waals surface area contributed by atoms with Gasteiger partial charge in [0.05, 0.1) is 0 Å². The number of benzene rings is 1. The third-order valence-electron chi connectivity index (χ3n) is 2.01. The Morgan fingerprint density at radius 2 is 1.56 bits per heavy atom. The third kappa shape index (κ3) is 2.91. The molecule has 1 nitrogen and oxygen atoms in total. The molecule has 0 aliphatic heterocycles. The maximum Gasteiger partial charge on any atom is 0.422 e. The molecule has 1 aromatic carbocycles. The summed E-state index contributed by atoms with van der Waals surface area (Å²) in [5, 5.41) is 8.48. The fraction of sp³-hybridized carbons (Fsp3) is 0.400. The number of aryl methyl sites for hydroxylation is 1. The Labute approximate surface area is 88.5 Å². The molecule has 1 rings (SSSR count). The zero-order valence-corrected chi connectivity index (χ0v) is 8.11. The van der Waals surface area contributed by atoms with Crippen LogP contribution in [0.1, 0.15) is 17.5 Å². The lowest BCUT2D eigenvalue weighted by molar-refractivity contribution is -0.142. The molecule has 0 bridgehead atoms. The third-order valence-corrected chi connectivity index (χ3v) is 2.01. The average molecular weight is 240 g/mol. The zero-order chi connectivity index (χ0) is 12.3. The van der Waals surface area contributed by atoms with Gasteiger partial charge in [0.1, 0.15) is 17.2 Å². The molecular formula is C10H9F5O. The largest absolute Gasteiger partial charge is 0.422 e. The van der Waals surface area contributed by atoms with Gasteiger partial charge >= 0.3 is 6.18 Å². The van der Waals surface area contributed by atoms with E-state index in [-0.39, 0.29) is 25.0 Å². The van der Waals surface area contributed by atoms with Crippen LogP contribution in [0.25, 0.3) is 0 Å². The maximum absolute atomic E-state index is 13.0. The van der Waals surface area contributed by atoms with Crippen LogP contribution in [-0.2, 0) is 12.6 Å². The van der Waals surface area contributed by atoms with Gasteiger partial charge in [-0.1, -0.05) is 0 Å². The standard InChI is InChI=1S/C10H9F5O/c11-7-4-6(2-1-3-16)5-8(12)9(7)10(13,14)15/h4-5,16H,1-3H2. The number of alkyl halides is 3. The quantitative estimate of drug-likeness (QED) is 0.805. The molecule has 0 aliphatic carbocycles. The summed E-state index contributed by atoms with van der Waals surface area (Å²) >= 11 is 0. The van der Waals surface area contributed by atoms with Crippen molar-refractivity contribution in [1.82, 2.24) is 0 Å². The van der Waals surface area contributed by atoms with Gasteiger partial charge in [-0.05, 0) is 30.5 Å². The van der Waals surface area contributed by atoms with E-state index in [0.29, 0.717) is 12.1 Å². The van der Waals surface area contributed by atoms with E-state index in [0.717, 1.165) is 0 Å². The van der Waals surface area contributed by atoms with E-state index in [9.17, 15) is 22.0 Å². The Morgan fingerprint density at radius 1 is 1.06 bits per heavy atom. The molecule has 16 heavy (non-hydrogen) atoms. The summed E-state index contributed by atoms with van der Waals surface area (Å²) in [4.78, 5) is 0. The van der Waals surface area contributed by atoms with Crippen LogP contribution in [0.5, 0.6) is 0 Å². The summed E-state index contributed by atoms with van der Waals surface area (Å²) in [5.41, 5.74) is -1.78. The smallest absolute Gasteiger partial charge is 0.396 e. The predicted molar refractivity (Wildman–Crippen MR) is 46.8 cm³/mol. The molecule has 0 aromatic heterocycles. The lowest BCUT2D eigenvalue weighted by atomic mass is 10.1. The molecular weight excluding hydrogens is 231 g/mol. The van der Waals surface area contributed by atoms with Crippen molar-refractivity contribution in [3.05, 3.63) is 34.9 Å². The molecule has 6 heteroatoms. The summed E-state index contributed by atoms with van der Waals surface area (Å²) in [6.07, 6.45) is -4.67. The highest BCUT2D eigenvalue weighted by molar-refractivity contribution is 5.28. The van der Waals surface area contributed by atoms with Crippen molar-refractivity contribution in [3.63, 3.8) is 0 Å². The van der Waals surface area contributed by atoms with Crippen molar-refractivity contribution in [2.45, 2.75) is 19.0 Å². The van der Waals surface area contributed by atoms with Crippen LogP contribution in [0.3, 0.4) is 0 Å². The molecule has 0 fully saturated rings. The van der Waals surface area contributed by atoms with Gasteiger partial charge in [-0.25, -0.2) is 8.78 Å². The van der Waals surface area contributed by atoms with Crippen LogP contribution in [-0.4, -0.2) is 11.7 Å². The van der Waals surface area contributed by atoms with Gasteiger partial charge in [-0.3, -0.25) is 0 Å². The molecule has 1 N–H and O–H groups in total. The lowest BCUT2D eigenvalue weighted by Crippen LogP contribution is -2.12. The van der Waals surface area contributed by atoms with E-state index in [1.165, 1.54) is 0 Å². The molecule has 0 heterocycles. The van der Waals surface area contributed by atoms with Crippen LogP contribution >= 0.6 is 0 Å². The fourth-order valence-corrected chi connectivity index (χ4v) is 1.32. The van der Waals surface area contributed by atoms with Gasteiger partial charge in [0.25, 0.3) is 0 Å². The number of aliphatic hydroxyl groups excluding tert-OH is 1. The second-order valence-electron chi connectivity index (χ2n) is 3.26. The summed E-state index contributed by atoms with van der Waals surface area (Å²) in [6, 6.07) is 1.28. The van der Waals surface area contributed by atoms with Crippen molar-refractivity contribution in [2.75, 3.05) is 6.61 Å². The van der Waals surface area contributed by atoms with Gasteiger partial charge in [-0.15, -0.1) is 0 Å². The fourth-order valence-electron chi connectivity index (χ4n) is 1.32. The van der Waals surface area contributed by atoms with Gasteiger partial charge in [-0.2, -0.15) is 13.2 Å². The molecule has 0 amide bonds. The summed E-state index contributed by atoms with van der Waals surface area (Å²) in [6.45, 7) is -0.190. The van der Waals surface area contributed by atoms with Gasteiger partial charge in [0.15, 0.2) is 0 Å². The molecule has 0 radical (unpaired) electrons. The molecule has 0 atom stereocenters. The number of hydrogen-bond acceptors (Lipinski definition) is 1. The second-order valence-corrected chi connectivity index (χ2v) is 3.26. The number of rotatable bonds is 3.